The van der Waals surface area contributed by atoms with Gasteiger partial charge in [0.2, 0.25) is 0 Å². The molecule has 0 spiro atoms. The van der Waals surface area contributed by atoms with Crippen molar-refractivity contribution in [1.82, 2.24) is 19.6 Å². The molecule has 12 nitrogen and oxygen atoms in total. The van der Waals surface area contributed by atoms with Crippen molar-refractivity contribution in [2.24, 2.45) is 11.3 Å². The van der Waals surface area contributed by atoms with Gasteiger partial charge in [-0.2, -0.15) is 0 Å². The number of nitrogens with one attached hydrogen (secondary N) is 3. The zero-order valence-electron chi connectivity index (χ0n) is 34.8. The average Bonchev–Trinajstić information content (AvgIpc) is 3.74. The Morgan fingerprint density at radius 2 is 1.83 bits per heavy atom. The van der Waals surface area contributed by atoms with Gasteiger partial charge in [0.05, 0.1) is 16.7 Å². The molecule has 8 rings (SSSR count). The fraction of sp³-hybridized carbons (Fsp3) is 0.404. The monoisotopic (exact) mass is 829 g/mol. The van der Waals surface area contributed by atoms with Gasteiger partial charge in [0.25, 0.3) is 11.6 Å². The predicted octanol–water partition coefficient (Wildman–Crippen LogP) is 9.89. The number of allylic oxidation sites excluding steroid dienone is 1. The van der Waals surface area contributed by atoms with Gasteiger partial charge in [0.1, 0.15) is 22.8 Å². The van der Waals surface area contributed by atoms with E-state index in [1.807, 2.05) is 30.5 Å². The van der Waals surface area contributed by atoms with Crippen LogP contribution in [0.4, 0.5) is 17.1 Å². The number of nitro groups is 1. The number of anilines is 2. The third-order valence-corrected chi connectivity index (χ3v) is 13.0. The molecule has 2 fully saturated rings. The fourth-order valence-corrected chi connectivity index (χ4v) is 9.14. The predicted molar refractivity (Wildman–Crippen MR) is 240 cm³/mol. The number of amides is 1. The SMILES string of the molecule is CCc1ccc(C2=C(CN3CCN(c4ccc(C(=O)NSc5ccc(NCC6CCOCC6)c([N+](=O)[O-])c5)c(Oc5cnc6[nH]ccc6c5)c4)CC3)CCC(C)(C)C2)cc1. The molecule has 2 saturated heterocycles. The maximum absolute atomic E-state index is 13.9. The number of aromatic amines is 1. The minimum absolute atomic E-state index is 0.0380. The Morgan fingerprint density at radius 3 is 2.60 bits per heavy atom. The lowest BCUT2D eigenvalue weighted by Gasteiger charge is -2.39. The maximum Gasteiger partial charge on any atom is 0.293 e. The van der Waals surface area contributed by atoms with Crippen molar-refractivity contribution >= 4 is 51.5 Å². The van der Waals surface area contributed by atoms with Gasteiger partial charge in [0, 0.05) is 86.8 Å². The van der Waals surface area contributed by atoms with Gasteiger partial charge in [-0.1, -0.05) is 50.6 Å². The summed E-state index contributed by atoms with van der Waals surface area (Å²) < 4.78 is 14.8. The van der Waals surface area contributed by atoms with Crippen LogP contribution in [0.3, 0.4) is 0 Å². The summed E-state index contributed by atoms with van der Waals surface area (Å²) in [6, 6.07) is 23.7. The topological polar surface area (TPSA) is 138 Å². The number of nitro benzene ring substituents is 1. The van der Waals surface area contributed by atoms with Crippen LogP contribution in [-0.2, 0) is 11.2 Å². The average molecular weight is 830 g/mol. The van der Waals surface area contributed by atoms with Crippen molar-refractivity contribution < 1.29 is 19.2 Å². The first-order valence-corrected chi connectivity index (χ1v) is 22.0. The Kier molecular flexibility index (Phi) is 12.7. The third-order valence-electron chi connectivity index (χ3n) is 12.2. The summed E-state index contributed by atoms with van der Waals surface area (Å²) in [6.45, 7) is 13.6. The van der Waals surface area contributed by atoms with E-state index in [1.165, 1.54) is 29.2 Å². The molecule has 0 unspecified atom stereocenters. The highest BCUT2D eigenvalue weighted by atomic mass is 32.2. The lowest BCUT2D eigenvalue weighted by Crippen LogP contribution is -2.47. The summed E-state index contributed by atoms with van der Waals surface area (Å²) in [5.41, 5.74) is 8.59. The van der Waals surface area contributed by atoms with E-state index in [0.717, 1.165) is 93.5 Å². The molecule has 2 aliphatic heterocycles. The summed E-state index contributed by atoms with van der Waals surface area (Å²) >= 11 is 1.03. The second-order valence-electron chi connectivity index (χ2n) is 17.0. The van der Waals surface area contributed by atoms with Crippen molar-refractivity contribution in [3.8, 4) is 11.5 Å². The van der Waals surface area contributed by atoms with E-state index in [2.05, 4.69) is 74.8 Å². The molecule has 0 atom stereocenters. The number of pyridine rings is 1. The summed E-state index contributed by atoms with van der Waals surface area (Å²) in [5.74, 6) is 0.932. The molecule has 1 aliphatic carbocycles. The lowest BCUT2D eigenvalue weighted by molar-refractivity contribution is -0.384. The van der Waals surface area contributed by atoms with E-state index >= 15 is 0 Å². The zero-order valence-corrected chi connectivity index (χ0v) is 35.6. The van der Waals surface area contributed by atoms with Gasteiger partial charge in [-0.3, -0.25) is 24.5 Å². The Balaban J connectivity index is 0.966. The zero-order chi connectivity index (χ0) is 41.6. The first-order chi connectivity index (χ1) is 29.1. The van der Waals surface area contributed by atoms with E-state index in [4.69, 9.17) is 9.47 Å². The highest BCUT2D eigenvalue weighted by molar-refractivity contribution is 7.98. The fourth-order valence-electron chi connectivity index (χ4n) is 8.51. The number of benzene rings is 3. The van der Waals surface area contributed by atoms with Gasteiger partial charge >= 0.3 is 0 Å². The van der Waals surface area contributed by atoms with Crippen LogP contribution >= 0.6 is 11.9 Å². The summed E-state index contributed by atoms with van der Waals surface area (Å²) in [7, 11) is 0. The number of carbonyl (C=O) groups excluding carboxylic acids is 1. The molecule has 0 saturated carbocycles. The number of aryl methyl sites for hydroxylation is 1. The van der Waals surface area contributed by atoms with Crippen LogP contribution < -0.4 is 19.7 Å². The Bertz CT molecular complexity index is 2350. The molecular weight excluding hydrogens is 775 g/mol. The van der Waals surface area contributed by atoms with Crippen molar-refractivity contribution in [1.29, 1.82) is 0 Å². The number of rotatable bonds is 14. The standard InChI is InChI=1S/C47H55N7O5S/c1-4-32-5-7-34(8-6-32)41-28-47(2,3)17-13-36(41)31-52-19-21-53(22-20-52)37-9-11-40(44(26-37)59-38-25-35-14-18-48-45(35)50-30-38)46(55)51-60-39-10-12-42(43(27-39)54(56)57)49-29-33-15-23-58-24-16-33/h5-12,14,18,25-27,30,33,49H,4,13,15-17,19-24,28-29,31H2,1-3H3,(H,48,50)(H,51,55). The van der Waals surface area contributed by atoms with E-state index in [0.29, 0.717) is 58.7 Å². The van der Waals surface area contributed by atoms with Crippen LogP contribution in [0.5, 0.6) is 11.5 Å². The first-order valence-electron chi connectivity index (χ1n) is 21.2. The number of aromatic nitrogens is 2. The number of carbonyl (C=O) groups is 1. The van der Waals surface area contributed by atoms with Crippen LogP contribution in [-0.4, -0.2) is 78.2 Å². The van der Waals surface area contributed by atoms with Crippen molar-refractivity contribution in [2.45, 2.75) is 64.2 Å². The molecule has 314 valence electrons. The lowest BCUT2D eigenvalue weighted by atomic mass is 9.72. The molecule has 5 aromatic rings. The second-order valence-corrected chi connectivity index (χ2v) is 17.9. The second kappa shape index (κ2) is 18.5. The summed E-state index contributed by atoms with van der Waals surface area (Å²) in [5, 5.41) is 16.2. The van der Waals surface area contributed by atoms with E-state index < -0.39 is 4.92 Å². The normalized spacial score (nSPS) is 17.5. The van der Waals surface area contributed by atoms with E-state index in [9.17, 15) is 14.9 Å². The molecule has 3 aromatic carbocycles. The quantitative estimate of drug-likeness (QED) is 0.0564. The number of fused-ring (bicyclic) bond motifs is 1. The molecule has 60 heavy (non-hydrogen) atoms. The van der Waals surface area contributed by atoms with Crippen molar-refractivity contribution in [3.05, 3.63) is 118 Å². The minimum Gasteiger partial charge on any atom is -0.455 e. The van der Waals surface area contributed by atoms with Crippen LogP contribution in [0.15, 0.2) is 95.7 Å². The number of hydrogen-bond acceptors (Lipinski definition) is 10. The molecule has 3 N–H and O–H groups in total. The van der Waals surface area contributed by atoms with Crippen molar-refractivity contribution in [2.75, 3.05) is 62.7 Å². The highest BCUT2D eigenvalue weighted by Crippen LogP contribution is 2.43. The molecule has 0 bridgehead atoms. The number of piperazine rings is 1. The minimum atomic E-state index is -0.393. The molecule has 3 aliphatic rings. The molecule has 1 amide bonds. The van der Waals surface area contributed by atoms with Crippen LogP contribution in [0.2, 0.25) is 0 Å². The Hall–Kier alpha value is -5.37. The smallest absolute Gasteiger partial charge is 0.293 e. The summed E-state index contributed by atoms with van der Waals surface area (Å²) in [6.07, 6.45) is 9.79. The van der Waals surface area contributed by atoms with Gasteiger partial charge in [-0.15, -0.1) is 0 Å². The highest BCUT2D eigenvalue weighted by Gasteiger charge is 2.30. The molecule has 4 heterocycles. The van der Waals surface area contributed by atoms with Gasteiger partial charge in [-0.05, 0) is 115 Å². The van der Waals surface area contributed by atoms with E-state index in [1.54, 1.807) is 30.0 Å². The number of ether oxygens (including phenoxy) is 2. The van der Waals surface area contributed by atoms with Crippen LogP contribution in [0.25, 0.3) is 16.6 Å². The van der Waals surface area contributed by atoms with Crippen molar-refractivity contribution in [3.63, 3.8) is 0 Å². The van der Waals surface area contributed by atoms with Crippen LogP contribution in [0.1, 0.15) is 74.4 Å². The summed E-state index contributed by atoms with van der Waals surface area (Å²) in [4.78, 5) is 38.6. The van der Waals surface area contributed by atoms with Gasteiger partial charge in [-0.25, -0.2) is 4.98 Å². The van der Waals surface area contributed by atoms with Gasteiger partial charge < -0.3 is 24.7 Å². The Morgan fingerprint density at radius 1 is 1.03 bits per heavy atom. The molecular formula is C47H55N7O5S. The number of H-pyrrole nitrogens is 1. The van der Waals surface area contributed by atoms with E-state index in [-0.39, 0.29) is 11.6 Å². The largest absolute Gasteiger partial charge is 0.455 e. The third kappa shape index (κ3) is 9.97. The molecule has 2 aromatic heterocycles. The first kappa shape index (κ1) is 41.4. The number of hydrogen-bond donors (Lipinski definition) is 3. The molecule has 13 heteroatoms. The number of nitrogens with zero attached hydrogens (tertiary/aromatic N) is 4. The van der Waals surface area contributed by atoms with Gasteiger partial charge in [0.15, 0.2) is 0 Å². The molecule has 0 radical (unpaired) electrons. The maximum atomic E-state index is 13.9. The van der Waals surface area contributed by atoms with Crippen LogP contribution in [0, 0.1) is 21.4 Å². The Labute approximate surface area is 356 Å².